The maximum atomic E-state index is 14.6. The van der Waals surface area contributed by atoms with Gasteiger partial charge < -0.3 is 15.8 Å². The number of halogens is 6. The van der Waals surface area contributed by atoms with Gasteiger partial charge in [-0.25, -0.2) is 18.1 Å². The molecule has 0 saturated heterocycles. The third-order valence-corrected chi connectivity index (χ3v) is 9.30. The van der Waals surface area contributed by atoms with Crippen molar-refractivity contribution in [2.24, 2.45) is 0 Å². The number of aromatic nitrogens is 4. The first-order valence-corrected chi connectivity index (χ1v) is 16.5. The van der Waals surface area contributed by atoms with E-state index >= 15 is 0 Å². The van der Waals surface area contributed by atoms with E-state index in [9.17, 15) is 28.0 Å². The molecular formula is C31H30Cl4F2N6O5. The summed E-state index contributed by atoms with van der Waals surface area (Å²) in [7, 11) is 0. The van der Waals surface area contributed by atoms with Crippen LogP contribution in [0.1, 0.15) is 39.0 Å². The van der Waals surface area contributed by atoms with Crippen molar-refractivity contribution in [2.45, 2.75) is 65.2 Å². The summed E-state index contributed by atoms with van der Waals surface area (Å²) in [5.74, 6) is -2.71. The summed E-state index contributed by atoms with van der Waals surface area (Å²) in [6.45, 7) is 4.07. The van der Waals surface area contributed by atoms with E-state index in [1.807, 2.05) is 0 Å². The number of carbonyl (C=O) groups is 2. The first-order valence-electron chi connectivity index (χ1n) is 15.0. The lowest BCUT2D eigenvalue weighted by Gasteiger charge is -2.17. The van der Waals surface area contributed by atoms with Crippen LogP contribution in [0.25, 0.3) is 22.3 Å². The minimum absolute atomic E-state index is 0.0126. The molecule has 4 heterocycles. The number of nitrogens with zero attached hydrogens (tertiary/aromatic N) is 4. The zero-order valence-corrected chi connectivity index (χ0v) is 28.6. The van der Waals surface area contributed by atoms with Crippen molar-refractivity contribution in [2.75, 3.05) is 17.7 Å². The molecule has 3 N–H and O–H groups in total. The first kappa shape index (κ1) is 35.5. The average Bonchev–Trinajstić information content (AvgIpc) is 3.45. The van der Waals surface area contributed by atoms with Gasteiger partial charge in [-0.1, -0.05) is 46.4 Å². The summed E-state index contributed by atoms with van der Waals surface area (Å²) >= 11 is 24.4. The fraction of sp³-hybridized carbons (Fsp3) is 0.355. The van der Waals surface area contributed by atoms with Gasteiger partial charge in [-0.05, 0) is 56.9 Å². The smallest absolute Gasteiger partial charge is 0.315 e. The van der Waals surface area contributed by atoms with E-state index in [2.05, 4.69) is 5.32 Å². The number of benzene rings is 2. The highest BCUT2D eigenvalue weighted by molar-refractivity contribution is 6.35. The lowest BCUT2D eigenvalue weighted by molar-refractivity contribution is -0.145. The summed E-state index contributed by atoms with van der Waals surface area (Å²) in [6, 6.07) is 4.69. The molecule has 48 heavy (non-hydrogen) atoms. The second-order valence-corrected chi connectivity index (χ2v) is 12.6. The topological polar surface area (TPSA) is 135 Å². The second kappa shape index (κ2) is 14.8. The van der Waals surface area contributed by atoms with Crippen LogP contribution >= 0.6 is 46.4 Å². The molecule has 1 amide bonds. The molecule has 0 spiro atoms. The Morgan fingerprint density at radius 3 is 1.71 bits per heavy atom. The molecule has 0 saturated carbocycles. The molecule has 0 radical (unpaired) electrons. The Morgan fingerprint density at radius 2 is 1.23 bits per heavy atom. The van der Waals surface area contributed by atoms with Crippen LogP contribution in [0.4, 0.5) is 20.2 Å². The lowest BCUT2D eigenvalue weighted by Crippen LogP contribution is -2.27. The van der Waals surface area contributed by atoms with Gasteiger partial charge in [-0.2, -0.15) is 0 Å². The molecule has 256 valence electrons. The number of ether oxygens (including phenoxy) is 1. The number of esters is 1. The zero-order valence-electron chi connectivity index (χ0n) is 25.6. The Hall–Kier alpha value is -3.78. The molecule has 11 nitrogen and oxygen atoms in total. The van der Waals surface area contributed by atoms with Crippen LogP contribution in [0.2, 0.25) is 20.4 Å². The Labute approximate surface area is 292 Å². The molecule has 0 atom stereocenters. The lowest BCUT2D eigenvalue weighted by atomic mass is 10.1. The normalized spacial score (nSPS) is 13.6. The number of nitrogens with two attached hydrogens (primary N) is 1. The quantitative estimate of drug-likeness (QED) is 0.130. The minimum Gasteiger partial charge on any atom is -0.466 e. The number of anilines is 2. The van der Waals surface area contributed by atoms with E-state index in [1.165, 1.54) is 16.8 Å². The third kappa shape index (κ3) is 7.00. The minimum atomic E-state index is -0.740. The van der Waals surface area contributed by atoms with E-state index in [4.69, 9.17) is 56.9 Å². The highest BCUT2D eigenvalue weighted by atomic mass is 35.5. The van der Waals surface area contributed by atoms with E-state index < -0.39 is 35.5 Å². The molecule has 17 heteroatoms. The monoisotopic (exact) mass is 744 g/mol. The number of fused-ring (bicyclic) bond motifs is 2. The van der Waals surface area contributed by atoms with Gasteiger partial charge in [0.2, 0.25) is 5.91 Å². The van der Waals surface area contributed by atoms with Crippen molar-refractivity contribution in [1.29, 1.82) is 0 Å². The predicted molar refractivity (Wildman–Crippen MR) is 181 cm³/mol. The molecule has 2 aromatic carbocycles. The molecule has 2 aliphatic rings. The Balaban J connectivity index is 0.000000198. The van der Waals surface area contributed by atoms with Gasteiger partial charge in [-0.3, -0.25) is 28.5 Å². The van der Waals surface area contributed by atoms with Gasteiger partial charge >= 0.3 is 5.97 Å². The van der Waals surface area contributed by atoms with Gasteiger partial charge in [0.1, 0.15) is 28.4 Å². The Kier molecular flexibility index (Phi) is 10.9. The number of nitrogen functional groups attached to an aromatic ring is 1. The maximum absolute atomic E-state index is 14.6. The van der Waals surface area contributed by atoms with Crippen molar-refractivity contribution in [3.8, 4) is 22.3 Å². The van der Waals surface area contributed by atoms with Crippen LogP contribution in [0.3, 0.4) is 0 Å². The van der Waals surface area contributed by atoms with Crippen molar-refractivity contribution in [3.63, 3.8) is 0 Å². The highest BCUT2D eigenvalue weighted by Crippen LogP contribution is 2.35. The van der Waals surface area contributed by atoms with Gasteiger partial charge in [0, 0.05) is 37.3 Å². The number of carbonyl (C=O) groups excluding carboxylic acids is 2. The molecular weight excluding hydrogens is 716 g/mol. The summed E-state index contributed by atoms with van der Waals surface area (Å²) in [6.07, 6.45) is 3.04. The fourth-order valence-electron chi connectivity index (χ4n) is 5.64. The number of nitrogens with one attached hydrogen (secondary N) is 1. The summed E-state index contributed by atoms with van der Waals surface area (Å²) < 4.78 is 39.7. The molecule has 0 bridgehead atoms. The standard InChI is InChI=1S/C18H18Cl2FN3O4.C13H12Cl2FN3O/c1-2-28-15(26)9-14(25)22-13-7-10(12(21)8-11(13)19)16-17(20)23-5-3-4-6-24(23)18(16)27;14-8-6-9(16)7(5-10(8)17)11-12(15)18-3-1-2-4-19(18)13(11)20/h7-8H,2-6,9H2,1H3,(H,22,25);5-6H,1-4,17H2. The van der Waals surface area contributed by atoms with Crippen LogP contribution in [0, 0.1) is 11.6 Å². The molecule has 0 aliphatic carbocycles. The van der Waals surface area contributed by atoms with E-state index in [1.54, 1.807) is 21.0 Å². The van der Waals surface area contributed by atoms with Crippen molar-refractivity contribution in [1.82, 2.24) is 18.7 Å². The van der Waals surface area contributed by atoms with Gasteiger partial charge in [0.25, 0.3) is 11.1 Å². The van der Waals surface area contributed by atoms with Gasteiger partial charge in [0.15, 0.2) is 0 Å². The Bertz CT molecular complexity index is 2040. The van der Waals surface area contributed by atoms with Crippen molar-refractivity contribution >= 4 is 69.7 Å². The summed E-state index contributed by atoms with van der Waals surface area (Å²) in [5, 5.41) is 2.87. The van der Waals surface area contributed by atoms with Crippen molar-refractivity contribution in [3.05, 3.63) is 77.0 Å². The molecule has 6 rings (SSSR count). The fourth-order valence-corrected chi connectivity index (χ4v) is 6.70. The summed E-state index contributed by atoms with van der Waals surface area (Å²) in [5.41, 5.74) is 5.46. The maximum Gasteiger partial charge on any atom is 0.315 e. The van der Waals surface area contributed by atoms with Crippen LogP contribution in [-0.4, -0.2) is 37.2 Å². The average molecular weight is 746 g/mol. The molecule has 4 aromatic rings. The summed E-state index contributed by atoms with van der Waals surface area (Å²) in [4.78, 5) is 48.6. The van der Waals surface area contributed by atoms with Crippen molar-refractivity contribution < 1.29 is 23.1 Å². The van der Waals surface area contributed by atoms with Crippen LogP contribution in [0.5, 0.6) is 0 Å². The number of hydrogen-bond acceptors (Lipinski definition) is 6. The number of rotatable bonds is 6. The van der Waals surface area contributed by atoms with Gasteiger partial charge in [-0.15, -0.1) is 0 Å². The second-order valence-electron chi connectivity index (χ2n) is 11.0. The zero-order chi connectivity index (χ0) is 34.9. The molecule has 2 aliphatic heterocycles. The third-order valence-electron chi connectivity index (χ3n) is 7.89. The molecule has 2 aromatic heterocycles. The van der Waals surface area contributed by atoms with E-state index in [0.29, 0.717) is 26.2 Å². The number of hydrogen-bond donors (Lipinski definition) is 2. The largest absolute Gasteiger partial charge is 0.466 e. The van der Waals surface area contributed by atoms with E-state index in [0.717, 1.165) is 37.8 Å². The Morgan fingerprint density at radius 1 is 0.771 bits per heavy atom. The van der Waals surface area contributed by atoms with Crippen LogP contribution in [-0.2, 0) is 40.5 Å². The molecule has 0 unspecified atom stereocenters. The highest BCUT2D eigenvalue weighted by Gasteiger charge is 2.26. The predicted octanol–water partition coefficient (Wildman–Crippen LogP) is 6.59. The first-order chi connectivity index (χ1) is 22.8. The molecule has 0 fully saturated rings. The number of amides is 1. The van der Waals surface area contributed by atoms with Crippen LogP contribution < -0.4 is 22.2 Å². The van der Waals surface area contributed by atoms with Crippen LogP contribution in [0.15, 0.2) is 33.9 Å². The van der Waals surface area contributed by atoms with Gasteiger partial charge in [0.05, 0.1) is 39.2 Å². The van der Waals surface area contributed by atoms with E-state index in [-0.39, 0.29) is 66.1 Å². The SMILES string of the molecule is CCOC(=O)CC(=O)Nc1cc(-c2c(Cl)n3n(c2=O)CCCC3)c(F)cc1Cl.Nc1cc(-c2c(Cl)n3n(c2=O)CCCC3)c(F)cc1Cl.